The second-order valence-electron chi connectivity index (χ2n) is 7.08. The van der Waals surface area contributed by atoms with E-state index in [-0.39, 0.29) is 11.3 Å². The van der Waals surface area contributed by atoms with Crippen LogP contribution in [-0.2, 0) is 12.0 Å². The van der Waals surface area contributed by atoms with Crippen LogP contribution in [-0.4, -0.2) is 29.6 Å². The van der Waals surface area contributed by atoms with Crippen LogP contribution in [0.2, 0.25) is 0 Å². The van der Waals surface area contributed by atoms with Crippen molar-refractivity contribution in [3.8, 4) is 0 Å². The molecule has 3 aromatic heterocycles. The molecule has 134 valence electrons. The van der Waals surface area contributed by atoms with Gasteiger partial charge in [0.25, 0.3) is 5.13 Å². The fraction of sp³-hybridized carbons (Fsp3) is 0.600. The number of hydrogen-bond acceptors (Lipinski definition) is 8. The summed E-state index contributed by atoms with van der Waals surface area (Å²) < 4.78 is 4.38. The molecule has 0 aliphatic heterocycles. The van der Waals surface area contributed by atoms with Crippen molar-refractivity contribution in [1.29, 1.82) is 0 Å². The highest BCUT2D eigenvalue weighted by atomic mass is 32.2. The van der Waals surface area contributed by atoms with Gasteiger partial charge in [0.2, 0.25) is 0 Å². The Labute approximate surface area is 155 Å². The van der Waals surface area contributed by atoms with Crippen molar-refractivity contribution < 1.29 is 0 Å². The van der Waals surface area contributed by atoms with Crippen LogP contribution < -0.4 is 0 Å². The lowest BCUT2D eigenvalue weighted by Crippen LogP contribution is -2.13. The van der Waals surface area contributed by atoms with E-state index in [0.29, 0.717) is 9.47 Å². The van der Waals surface area contributed by atoms with E-state index in [4.69, 9.17) is 5.10 Å². The fourth-order valence-electron chi connectivity index (χ4n) is 2.52. The highest BCUT2D eigenvalue weighted by Gasteiger charge is 2.29. The smallest absolute Gasteiger partial charge is 0.244 e. The van der Waals surface area contributed by atoms with Gasteiger partial charge in [-0.1, -0.05) is 46.0 Å². The van der Waals surface area contributed by atoms with Crippen molar-refractivity contribution >= 4 is 40.4 Å². The Morgan fingerprint density at radius 2 is 1.88 bits per heavy atom. The van der Waals surface area contributed by atoms with Crippen molar-refractivity contribution in [2.24, 2.45) is 10.2 Å². The molecule has 0 saturated carbocycles. The topological polar surface area (TPSA) is 85.6 Å². The van der Waals surface area contributed by atoms with E-state index in [2.05, 4.69) is 79.7 Å². The van der Waals surface area contributed by atoms with E-state index in [0.717, 1.165) is 29.4 Å². The molecule has 0 saturated heterocycles. The molecule has 10 heteroatoms. The first-order valence-electron chi connectivity index (χ1n) is 8.16. The number of aromatic nitrogens is 6. The lowest BCUT2D eigenvalue weighted by atomic mass is 9.91. The van der Waals surface area contributed by atoms with Crippen LogP contribution in [0, 0.1) is 0 Å². The van der Waals surface area contributed by atoms with Gasteiger partial charge in [-0.3, -0.25) is 0 Å². The Morgan fingerprint density at radius 1 is 1.16 bits per heavy atom. The molecular formula is C15H22N8S2. The Morgan fingerprint density at radius 3 is 2.40 bits per heavy atom. The van der Waals surface area contributed by atoms with E-state index in [1.54, 1.807) is 0 Å². The van der Waals surface area contributed by atoms with Crippen molar-refractivity contribution in [3.05, 3.63) is 11.5 Å². The average Bonchev–Trinajstić information content (AvgIpc) is 3.17. The van der Waals surface area contributed by atoms with E-state index in [1.165, 1.54) is 11.3 Å². The molecule has 0 fully saturated rings. The third-order valence-electron chi connectivity index (χ3n) is 3.69. The molecule has 8 nitrogen and oxygen atoms in total. The van der Waals surface area contributed by atoms with Crippen molar-refractivity contribution in [1.82, 2.24) is 29.6 Å². The predicted molar refractivity (Wildman–Crippen MR) is 101 cm³/mol. The van der Waals surface area contributed by atoms with Crippen LogP contribution in [0.15, 0.2) is 14.6 Å². The van der Waals surface area contributed by atoms with Gasteiger partial charge in [0.1, 0.15) is 0 Å². The first-order valence-corrected chi connectivity index (χ1v) is 9.42. The van der Waals surface area contributed by atoms with Crippen molar-refractivity contribution in [2.75, 3.05) is 0 Å². The molecule has 0 aliphatic carbocycles. The van der Waals surface area contributed by atoms with Crippen LogP contribution in [0.25, 0.3) is 5.65 Å². The lowest BCUT2D eigenvalue weighted by molar-refractivity contribution is 0.557. The van der Waals surface area contributed by atoms with E-state index in [9.17, 15) is 0 Å². The van der Waals surface area contributed by atoms with Crippen molar-refractivity contribution in [3.63, 3.8) is 0 Å². The molecule has 25 heavy (non-hydrogen) atoms. The largest absolute Gasteiger partial charge is 0.252 e. The van der Waals surface area contributed by atoms with E-state index in [1.807, 2.05) is 9.20 Å². The maximum absolute atomic E-state index is 4.82. The minimum atomic E-state index is -0.178. The summed E-state index contributed by atoms with van der Waals surface area (Å²) in [5.74, 6) is 1.17. The second-order valence-corrected chi connectivity index (χ2v) is 8.76. The molecule has 0 bridgehead atoms. The SMILES string of the molecule is CCn1nc(C(C)C)n2nc(C(C)(C)C)c(N=Nc3nnc(S)s3)c12. The third-order valence-corrected chi connectivity index (χ3v) is 4.66. The van der Waals surface area contributed by atoms with E-state index < -0.39 is 0 Å². The summed E-state index contributed by atoms with van der Waals surface area (Å²) in [4.78, 5) is 0. The Balaban J connectivity index is 2.24. The average molecular weight is 379 g/mol. The third kappa shape index (κ3) is 3.32. The molecule has 0 amide bonds. The number of rotatable bonds is 4. The summed E-state index contributed by atoms with van der Waals surface area (Å²) in [6, 6.07) is 0. The summed E-state index contributed by atoms with van der Waals surface area (Å²) in [6.07, 6.45) is 0. The molecule has 3 rings (SSSR count). The van der Waals surface area contributed by atoms with Gasteiger partial charge in [0.05, 0.1) is 5.69 Å². The summed E-state index contributed by atoms with van der Waals surface area (Å²) in [7, 11) is 0. The molecule has 0 spiro atoms. The number of azo groups is 1. The maximum atomic E-state index is 4.82. The maximum Gasteiger partial charge on any atom is 0.252 e. The van der Waals surface area contributed by atoms with Gasteiger partial charge in [-0.2, -0.15) is 14.7 Å². The van der Waals surface area contributed by atoms with Crippen LogP contribution in [0.4, 0.5) is 10.8 Å². The van der Waals surface area contributed by atoms with Crippen LogP contribution in [0.5, 0.6) is 0 Å². The van der Waals surface area contributed by atoms with Crippen LogP contribution in [0.1, 0.15) is 59.0 Å². The molecule has 0 unspecified atom stereocenters. The Kier molecular flexibility index (Phi) is 4.67. The highest BCUT2D eigenvalue weighted by molar-refractivity contribution is 7.82. The summed E-state index contributed by atoms with van der Waals surface area (Å²) >= 11 is 5.45. The minimum absolute atomic E-state index is 0.178. The Bertz CT molecular complexity index is 926. The summed E-state index contributed by atoms with van der Waals surface area (Å²) in [6.45, 7) is 13.3. The van der Waals surface area contributed by atoms with Gasteiger partial charge in [0, 0.05) is 17.9 Å². The number of aryl methyl sites for hydroxylation is 1. The highest BCUT2D eigenvalue weighted by Crippen LogP contribution is 2.37. The predicted octanol–water partition coefficient (Wildman–Crippen LogP) is 4.53. The molecule has 0 radical (unpaired) electrons. The monoisotopic (exact) mass is 378 g/mol. The summed E-state index contributed by atoms with van der Waals surface area (Å²) in [5.41, 5.74) is 2.29. The summed E-state index contributed by atoms with van der Waals surface area (Å²) in [5, 5.41) is 26.5. The van der Waals surface area contributed by atoms with Gasteiger partial charge in [-0.15, -0.1) is 33.1 Å². The molecule has 3 aromatic rings. The quantitative estimate of drug-likeness (QED) is 0.534. The minimum Gasteiger partial charge on any atom is -0.244 e. The molecular weight excluding hydrogens is 356 g/mol. The molecule has 0 aromatic carbocycles. The van der Waals surface area contributed by atoms with E-state index >= 15 is 0 Å². The molecule has 0 N–H and O–H groups in total. The first kappa shape index (κ1) is 18.0. The van der Waals surface area contributed by atoms with Gasteiger partial charge >= 0.3 is 0 Å². The lowest BCUT2D eigenvalue weighted by Gasteiger charge is -2.15. The zero-order valence-electron chi connectivity index (χ0n) is 15.2. The molecule has 3 heterocycles. The fourth-order valence-corrected chi connectivity index (χ4v) is 3.22. The number of thiol groups is 1. The first-order chi connectivity index (χ1) is 11.7. The number of nitrogens with zero attached hydrogens (tertiary/aromatic N) is 8. The Hall–Kier alpha value is -1.81. The number of fused-ring (bicyclic) bond motifs is 1. The zero-order chi connectivity index (χ0) is 18.4. The van der Waals surface area contributed by atoms with Gasteiger partial charge in [0.15, 0.2) is 21.5 Å². The van der Waals surface area contributed by atoms with Crippen molar-refractivity contribution in [2.45, 2.75) is 63.8 Å². The molecule has 0 aliphatic rings. The van der Waals surface area contributed by atoms with Crippen LogP contribution >= 0.6 is 24.0 Å². The van der Waals surface area contributed by atoms with Gasteiger partial charge < -0.3 is 0 Å². The molecule has 0 atom stereocenters. The normalized spacial score (nSPS) is 13.0. The standard InChI is InChI=1S/C15H22N8S2/c1-7-22-12-9(16-17-13-18-19-14(24)25-13)10(15(4,5)6)20-23(12)11(21-22)8(2)3/h8H,7H2,1-6H3,(H,19,24). The second kappa shape index (κ2) is 6.49. The van der Waals surface area contributed by atoms with Crippen LogP contribution in [0.3, 0.4) is 0 Å². The van der Waals surface area contributed by atoms with Gasteiger partial charge in [-0.25, -0.2) is 4.68 Å². The van der Waals surface area contributed by atoms with Gasteiger partial charge in [-0.05, 0) is 6.92 Å². The number of hydrogen-bond donors (Lipinski definition) is 1. The zero-order valence-corrected chi connectivity index (χ0v) is 16.9.